The minimum absolute atomic E-state index is 0.561. The average molecular weight is 287 g/mol. The van der Waals surface area contributed by atoms with Gasteiger partial charge in [0.1, 0.15) is 5.01 Å². The number of hydrogen-bond donors (Lipinski definition) is 1. The molecule has 20 heavy (non-hydrogen) atoms. The molecule has 2 heterocycles. The third-order valence-electron chi connectivity index (χ3n) is 3.82. The van der Waals surface area contributed by atoms with Crippen molar-refractivity contribution in [1.82, 2.24) is 15.3 Å². The number of nitrogens with one attached hydrogen (secondary N) is 1. The number of aromatic nitrogens is 2. The predicted molar refractivity (Wildman–Crippen MR) is 83.9 cm³/mol. The molecule has 0 spiro atoms. The van der Waals surface area contributed by atoms with Crippen molar-refractivity contribution < 1.29 is 0 Å². The van der Waals surface area contributed by atoms with Crippen LogP contribution in [0.4, 0.5) is 0 Å². The van der Waals surface area contributed by atoms with Crippen LogP contribution in [-0.4, -0.2) is 16.0 Å². The molecule has 2 aromatic heterocycles. The maximum atomic E-state index is 4.88. The quantitative estimate of drug-likeness (QED) is 0.873. The Bertz CT molecular complexity index is 560. The molecule has 0 radical (unpaired) electrons. The van der Waals surface area contributed by atoms with Gasteiger partial charge in [-0.25, -0.2) is 4.98 Å². The number of rotatable bonds is 6. The van der Waals surface area contributed by atoms with Crippen molar-refractivity contribution in [2.24, 2.45) is 0 Å². The Balaban J connectivity index is 1.83. The highest BCUT2D eigenvalue weighted by atomic mass is 32.1. The van der Waals surface area contributed by atoms with E-state index < -0.39 is 0 Å². The summed E-state index contributed by atoms with van der Waals surface area (Å²) in [5, 5.41) is 4.70. The summed E-state index contributed by atoms with van der Waals surface area (Å²) in [7, 11) is 0. The highest BCUT2D eigenvalue weighted by Crippen LogP contribution is 2.44. The van der Waals surface area contributed by atoms with Gasteiger partial charge in [0.15, 0.2) is 0 Å². The van der Waals surface area contributed by atoms with Crippen molar-refractivity contribution in [2.45, 2.75) is 51.6 Å². The van der Waals surface area contributed by atoms with Crippen LogP contribution in [0.2, 0.25) is 0 Å². The Labute approximate surface area is 124 Å². The van der Waals surface area contributed by atoms with Gasteiger partial charge in [-0.3, -0.25) is 4.98 Å². The van der Waals surface area contributed by atoms with Crippen molar-refractivity contribution in [3.8, 4) is 10.6 Å². The first kappa shape index (κ1) is 13.7. The van der Waals surface area contributed by atoms with Gasteiger partial charge in [-0.15, -0.1) is 11.3 Å². The van der Waals surface area contributed by atoms with Gasteiger partial charge in [-0.2, -0.15) is 0 Å². The lowest BCUT2D eigenvalue weighted by Gasteiger charge is -2.10. The monoisotopic (exact) mass is 287 g/mol. The average Bonchev–Trinajstić information content (AvgIpc) is 3.25. The van der Waals surface area contributed by atoms with Gasteiger partial charge in [-0.05, 0) is 38.3 Å². The van der Waals surface area contributed by atoms with Gasteiger partial charge in [0.2, 0.25) is 0 Å². The highest BCUT2D eigenvalue weighted by Gasteiger charge is 2.29. The summed E-state index contributed by atoms with van der Waals surface area (Å²) in [4.78, 5) is 10.5. The molecule has 0 saturated heterocycles. The summed E-state index contributed by atoms with van der Waals surface area (Å²) in [5.74, 6) is 0.699. The molecule has 0 amide bonds. The Morgan fingerprint density at radius 1 is 1.45 bits per heavy atom. The van der Waals surface area contributed by atoms with Crippen LogP contribution in [0.15, 0.2) is 24.5 Å². The Morgan fingerprint density at radius 2 is 2.30 bits per heavy atom. The van der Waals surface area contributed by atoms with Crippen LogP contribution in [0.25, 0.3) is 10.6 Å². The molecule has 4 heteroatoms. The van der Waals surface area contributed by atoms with Crippen molar-refractivity contribution >= 4 is 11.3 Å². The lowest BCUT2D eigenvalue weighted by atomic mass is 10.2. The summed E-state index contributed by atoms with van der Waals surface area (Å²) in [5.41, 5.74) is 2.46. The van der Waals surface area contributed by atoms with E-state index in [0.29, 0.717) is 12.0 Å². The van der Waals surface area contributed by atoms with E-state index >= 15 is 0 Å². The predicted octanol–water partition coefficient (Wildman–Crippen LogP) is 3.97. The number of nitrogens with zero attached hydrogens (tertiary/aromatic N) is 2. The summed E-state index contributed by atoms with van der Waals surface area (Å²) >= 11 is 1.82. The van der Waals surface area contributed by atoms with Crippen LogP contribution in [0.5, 0.6) is 0 Å². The van der Waals surface area contributed by atoms with Crippen LogP contribution >= 0.6 is 11.3 Å². The molecule has 106 valence electrons. The van der Waals surface area contributed by atoms with Gasteiger partial charge in [0, 0.05) is 41.3 Å². The van der Waals surface area contributed by atoms with Gasteiger partial charge >= 0.3 is 0 Å². The topological polar surface area (TPSA) is 37.8 Å². The Hall–Kier alpha value is -1.26. The highest BCUT2D eigenvalue weighted by molar-refractivity contribution is 7.15. The van der Waals surface area contributed by atoms with E-state index in [2.05, 4.69) is 30.2 Å². The van der Waals surface area contributed by atoms with Crippen LogP contribution < -0.4 is 5.32 Å². The van der Waals surface area contributed by atoms with Crippen molar-refractivity contribution in [1.29, 1.82) is 0 Å². The zero-order valence-electron chi connectivity index (χ0n) is 12.1. The molecule has 2 aromatic rings. The molecule has 1 N–H and O–H groups in total. The van der Waals surface area contributed by atoms with Crippen LogP contribution in [-0.2, 0) is 6.54 Å². The number of hydrogen-bond acceptors (Lipinski definition) is 4. The molecule has 1 aliphatic rings. The van der Waals surface area contributed by atoms with Crippen LogP contribution in [0, 0.1) is 0 Å². The smallest absolute Gasteiger partial charge is 0.125 e. The van der Waals surface area contributed by atoms with Crippen molar-refractivity contribution in [3.63, 3.8) is 0 Å². The van der Waals surface area contributed by atoms with Gasteiger partial charge in [-0.1, -0.05) is 6.92 Å². The fourth-order valence-corrected chi connectivity index (χ4v) is 3.28. The molecule has 1 atom stereocenters. The fourth-order valence-electron chi connectivity index (χ4n) is 2.19. The second-order valence-electron chi connectivity index (χ2n) is 5.53. The molecule has 1 fully saturated rings. The first-order valence-electron chi connectivity index (χ1n) is 7.41. The maximum absolute atomic E-state index is 4.88. The number of thiazole rings is 1. The third kappa shape index (κ3) is 3.07. The molecule has 3 rings (SSSR count). The molecule has 0 aromatic carbocycles. The SMILES string of the molecule is CCC(C)NCc1sc(-c2cccnc2)nc1C1CC1. The lowest BCUT2D eigenvalue weighted by molar-refractivity contribution is 0.535. The van der Waals surface area contributed by atoms with E-state index in [4.69, 9.17) is 4.98 Å². The fraction of sp³-hybridized carbons (Fsp3) is 0.500. The van der Waals surface area contributed by atoms with Gasteiger partial charge in [0.25, 0.3) is 0 Å². The van der Waals surface area contributed by atoms with E-state index in [1.807, 2.05) is 29.8 Å². The minimum Gasteiger partial charge on any atom is -0.309 e. The number of pyridine rings is 1. The van der Waals surface area contributed by atoms with Crippen LogP contribution in [0.1, 0.15) is 49.6 Å². The van der Waals surface area contributed by atoms with Crippen molar-refractivity contribution in [2.75, 3.05) is 0 Å². The maximum Gasteiger partial charge on any atom is 0.125 e. The van der Waals surface area contributed by atoms with Crippen molar-refractivity contribution in [3.05, 3.63) is 35.1 Å². The second kappa shape index (κ2) is 6.02. The zero-order chi connectivity index (χ0) is 13.9. The molecule has 1 unspecified atom stereocenters. The normalized spacial score (nSPS) is 16.3. The van der Waals surface area contributed by atoms with E-state index in [-0.39, 0.29) is 0 Å². The zero-order valence-corrected chi connectivity index (χ0v) is 12.9. The van der Waals surface area contributed by atoms with E-state index in [0.717, 1.165) is 23.5 Å². The summed E-state index contributed by atoms with van der Waals surface area (Å²) in [6.45, 7) is 5.39. The molecule has 0 aliphatic heterocycles. The third-order valence-corrected chi connectivity index (χ3v) is 4.94. The van der Waals surface area contributed by atoms with Gasteiger partial charge < -0.3 is 5.32 Å². The van der Waals surface area contributed by atoms with Gasteiger partial charge in [0.05, 0.1) is 5.69 Å². The summed E-state index contributed by atoms with van der Waals surface area (Å²) in [6, 6.07) is 4.63. The molecule has 0 bridgehead atoms. The summed E-state index contributed by atoms with van der Waals surface area (Å²) < 4.78 is 0. The summed E-state index contributed by atoms with van der Waals surface area (Å²) in [6.07, 6.45) is 7.47. The van der Waals surface area contributed by atoms with E-state index in [1.54, 1.807) is 0 Å². The molecule has 3 nitrogen and oxygen atoms in total. The van der Waals surface area contributed by atoms with E-state index in [9.17, 15) is 0 Å². The molecular weight excluding hydrogens is 266 g/mol. The van der Waals surface area contributed by atoms with E-state index in [1.165, 1.54) is 23.4 Å². The first-order valence-corrected chi connectivity index (χ1v) is 8.23. The standard InChI is InChI=1S/C16H21N3S/c1-3-11(2)18-10-14-15(12-6-7-12)19-16(20-14)13-5-4-8-17-9-13/h4-5,8-9,11-12,18H,3,6-7,10H2,1-2H3. The molecule has 1 saturated carbocycles. The Morgan fingerprint density at radius 3 is 2.95 bits per heavy atom. The van der Waals surface area contributed by atoms with Crippen LogP contribution in [0.3, 0.4) is 0 Å². The largest absolute Gasteiger partial charge is 0.309 e. The second-order valence-corrected chi connectivity index (χ2v) is 6.62. The molecule has 1 aliphatic carbocycles. The Kier molecular flexibility index (Phi) is 4.13. The first-order chi connectivity index (χ1) is 9.78. The lowest BCUT2D eigenvalue weighted by Crippen LogP contribution is -2.24. The minimum atomic E-state index is 0.561. The molecular formula is C16H21N3S.